The lowest BCUT2D eigenvalue weighted by Gasteiger charge is -2.30. The number of piperidine rings is 1. The third-order valence-corrected chi connectivity index (χ3v) is 6.36. The molecule has 0 N–H and O–H groups in total. The predicted molar refractivity (Wildman–Crippen MR) is 121 cm³/mol. The van der Waals surface area contributed by atoms with Crippen molar-refractivity contribution in [3.05, 3.63) is 54.6 Å². The Balaban J connectivity index is 1.47. The highest BCUT2D eigenvalue weighted by molar-refractivity contribution is 7.99. The Morgan fingerprint density at radius 2 is 1.79 bits per heavy atom. The molecule has 172 valence electrons. The monoisotopic (exact) mass is 469 g/mol. The molecule has 0 unspecified atom stereocenters. The number of hydrogen-bond donors (Lipinski definition) is 0. The normalized spacial score (nSPS) is 14.3. The Bertz CT molecular complexity index is 1100. The van der Waals surface area contributed by atoms with E-state index in [0.717, 1.165) is 5.56 Å². The van der Waals surface area contributed by atoms with Crippen LogP contribution in [-0.4, -0.2) is 62.0 Å². The van der Waals surface area contributed by atoms with Crippen LogP contribution >= 0.6 is 11.8 Å². The molecule has 1 aliphatic heterocycles. The molecule has 4 rings (SSSR count). The van der Waals surface area contributed by atoms with Crippen LogP contribution in [0.4, 0.5) is 4.39 Å². The lowest BCUT2D eigenvalue weighted by molar-refractivity contribution is -0.151. The smallest absolute Gasteiger partial charge is 0.309 e. The number of carbonyl (C=O) groups is 2. The average Bonchev–Trinajstić information content (AvgIpc) is 3.28. The molecule has 2 aromatic heterocycles. The van der Waals surface area contributed by atoms with Crippen LogP contribution in [0.25, 0.3) is 17.1 Å². The molecule has 1 fully saturated rings. The number of rotatable bonds is 7. The maximum atomic E-state index is 13.5. The van der Waals surface area contributed by atoms with Crippen molar-refractivity contribution >= 4 is 23.6 Å². The van der Waals surface area contributed by atoms with Crippen LogP contribution in [0.5, 0.6) is 0 Å². The fourth-order valence-electron chi connectivity index (χ4n) is 3.72. The molecule has 3 aromatic rings. The molecule has 0 aliphatic carbocycles. The highest BCUT2D eigenvalue weighted by Gasteiger charge is 2.28. The number of likely N-dealkylation sites (tertiary alicyclic amines) is 1. The number of amides is 1. The van der Waals surface area contributed by atoms with Crippen molar-refractivity contribution in [3.63, 3.8) is 0 Å². The van der Waals surface area contributed by atoms with Crippen molar-refractivity contribution in [1.29, 1.82) is 0 Å². The van der Waals surface area contributed by atoms with Gasteiger partial charge in [0, 0.05) is 36.7 Å². The molecule has 0 saturated carbocycles. The van der Waals surface area contributed by atoms with Crippen molar-refractivity contribution in [1.82, 2.24) is 24.6 Å². The summed E-state index contributed by atoms with van der Waals surface area (Å²) in [4.78, 5) is 30.5. The Kier molecular flexibility index (Phi) is 7.33. The maximum absolute atomic E-state index is 13.5. The van der Waals surface area contributed by atoms with E-state index in [0.29, 0.717) is 49.2 Å². The van der Waals surface area contributed by atoms with Gasteiger partial charge in [-0.05, 0) is 56.2 Å². The van der Waals surface area contributed by atoms with Crippen molar-refractivity contribution in [2.24, 2.45) is 5.92 Å². The van der Waals surface area contributed by atoms with Gasteiger partial charge in [0.2, 0.25) is 5.91 Å². The number of hydrogen-bond acceptors (Lipinski definition) is 7. The van der Waals surface area contributed by atoms with Gasteiger partial charge in [-0.25, -0.2) is 4.39 Å². The summed E-state index contributed by atoms with van der Waals surface area (Å²) in [5.74, 6) is 0.0596. The van der Waals surface area contributed by atoms with Gasteiger partial charge in [0.15, 0.2) is 11.0 Å². The Hall–Kier alpha value is -3.27. The van der Waals surface area contributed by atoms with Crippen molar-refractivity contribution in [3.8, 4) is 17.1 Å². The first kappa shape index (κ1) is 22.9. The molecule has 1 saturated heterocycles. The Labute approximate surface area is 195 Å². The highest BCUT2D eigenvalue weighted by atomic mass is 32.2. The van der Waals surface area contributed by atoms with Gasteiger partial charge >= 0.3 is 5.97 Å². The van der Waals surface area contributed by atoms with E-state index >= 15 is 0 Å². The van der Waals surface area contributed by atoms with E-state index in [9.17, 15) is 14.0 Å². The molecule has 3 heterocycles. The number of thioether (sulfide) groups is 1. The average molecular weight is 470 g/mol. The molecule has 0 atom stereocenters. The summed E-state index contributed by atoms with van der Waals surface area (Å²) in [6, 6.07) is 9.68. The first-order chi connectivity index (χ1) is 16.1. The minimum atomic E-state index is -0.340. The molecule has 1 aromatic carbocycles. The van der Waals surface area contributed by atoms with Crippen LogP contribution in [0.3, 0.4) is 0 Å². The number of benzene rings is 1. The van der Waals surface area contributed by atoms with E-state index < -0.39 is 0 Å². The largest absolute Gasteiger partial charge is 0.466 e. The van der Waals surface area contributed by atoms with Gasteiger partial charge in [0.25, 0.3) is 0 Å². The first-order valence-corrected chi connectivity index (χ1v) is 11.7. The van der Waals surface area contributed by atoms with E-state index in [1.54, 1.807) is 40.9 Å². The summed E-state index contributed by atoms with van der Waals surface area (Å²) >= 11 is 1.28. The van der Waals surface area contributed by atoms with Gasteiger partial charge in [-0.15, -0.1) is 10.2 Å². The molecule has 33 heavy (non-hydrogen) atoms. The van der Waals surface area contributed by atoms with Gasteiger partial charge in [-0.3, -0.25) is 19.1 Å². The van der Waals surface area contributed by atoms with E-state index in [4.69, 9.17) is 4.74 Å². The van der Waals surface area contributed by atoms with Crippen molar-refractivity contribution in [2.45, 2.75) is 24.9 Å². The number of halogens is 1. The van der Waals surface area contributed by atoms with Crippen molar-refractivity contribution < 1.29 is 18.7 Å². The van der Waals surface area contributed by atoms with Gasteiger partial charge in [-0.2, -0.15) is 0 Å². The molecule has 1 aliphatic rings. The molecular weight excluding hydrogens is 445 g/mol. The number of esters is 1. The fourth-order valence-corrected chi connectivity index (χ4v) is 4.57. The second-order valence-electron chi connectivity index (χ2n) is 7.55. The van der Waals surface area contributed by atoms with Crippen LogP contribution < -0.4 is 0 Å². The summed E-state index contributed by atoms with van der Waals surface area (Å²) in [6.45, 7) is 3.20. The summed E-state index contributed by atoms with van der Waals surface area (Å²) < 4.78 is 20.4. The van der Waals surface area contributed by atoms with Crippen LogP contribution in [0, 0.1) is 11.7 Å². The summed E-state index contributed by atoms with van der Waals surface area (Å²) in [5, 5.41) is 9.14. The highest BCUT2D eigenvalue weighted by Crippen LogP contribution is 2.28. The summed E-state index contributed by atoms with van der Waals surface area (Å²) in [6.07, 6.45) is 4.53. The van der Waals surface area contributed by atoms with E-state index in [1.807, 2.05) is 12.1 Å². The lowest BCUT2D eigenvalue weighted by Crippen LogP contribution is -2.41. The molecular formula is C23H24FN5O3S. The molecule has 1 amide bonds. The second-order valence-corrected chi connectivity index (χ2v) is 8.49. The zero-order valence-corrected chi connectivity index (χ0v) is 19.0. The molecule has 0 bridgehead atoms. The zero-order valence-electron chi connectivity index (χ0n) is 18.2. The SMILES string of the molecule is CCOC(=O)C1CCN(C(=O)CSc2nnc(-c3ccncc3)n2-c2ccc(F)cc2)CC1. The second kappa shape index (κ2) is 10.6. The maximum Gasteiger partial charge on any atom is 0.309 e. The van der Waals surface area contributed by atoms with E-state index in [-0.39, 0.29) is 29.4 Å². The van der Waals surface area contributed by atoms with Gasteiger partial charge in [0.05, 0.1) is 18.3 Å². The lowest BCUT2D eigenvalue weighted by atomic mass is 9.97. The number of carbonyl (C=O) groups excluding carboxylic acids is 2. The molecule has 0 spiro atoms. The number of aromatic nitrogens is 4. The number of pyridine rings is 1. The van der Waals surface area contributed by atoms with Gasteiger partial charge in [-0.1, -0.05) is 11.8 Å². The minimum absolute atomic E-state index is 0.0265. The third-order valence-electron chi connectivity index (χ3n) is 5.45. The topological polar surface area (TPSA) is 90.2 Å². The van der Waals surface area contributed by atoms with E-state index in [1.165, 1.54) is 23.9 Å². The minimum Gasteiger partial charge on any atom is -0.466 e. The van der Waals surface area contributed by atoms with Crippen LogP contribution in [-0.2, 0) is 14.3 Å². The number of nitrogens with zero attached hydrogens (tertiary/aromatic N) is 5. The molecule has 0 radical (unpaired) electrons. The third kappa shape index (κ3) is 5.39. The summed E-state index contributed by atoms with van der Waals surface area (Å²) in [7, 11) is 0. The Morgan fingerprint density at radius 3 is 2.45 bits per heavy atom. The standard InChI is InChI=1S/C23H24FN5O3S/c1-2-32-22(31)17-9-13-28(14-10-17)20(30)15-33-23-27-26-21(16-7-11-25-12-8-16)29(23)19-5-3-18(24)4-6-19/h3-8,11-12,17H,2,9-10,13-15H2,1H3. The number of ether oxygens (including phenoxy) is 1. The molecule has 10 heteroatoms. The fraction of sp³-hybridized carbons (Fsp3) is 0.348. The van der Waals surface area contributed by atoms with Crippen LogP contribution in [0.15, 0.2) is 53.9 Å². The zero-order chi connectivity index (χ0) is 23.2. The van der Waals surface area contributed by atoms with E-state index in [2.05, 4.69) is 15.2 Å². The predicted octanol–water partition coefficient (Wildman–Crippen LogP) is 3.36. The van der Waals surface area contributed by atoms with Gasteiger partial charge < -0.3 is 9.64 Å². The van der Waals surface area contributed by atoms with Crippen molar-refractivity contribution in [2.75, 3.05) is 25.4 Å². The molecule has 8 nitrogen and oxygen atoms in total. The summed E-state index contributed by atoms with van der Waals surface area (Å²) in [5.41, 5.74) is 1.50. The quantitative estimate of drug-likeness (QED) is 0.387. The Morgan fingerprint density at radius 1 is 1.09 bits per heavy atom. The van der Waals surface area contributed by atoms with Gasteiger partial charge in [0.1, 0.15) is 5.82 Å². The first-order valence-electron chi connectivity index (χ1n) is 10.8. The van der Waals surface area contributed by atoms with Crippen LogP contribution in [0.2, 0.25) is 0 Å². The van der Waals surface area contributed by atoms with Crippen LogP contribution in [0.1, 0.15) is 19.8 Å².